The second-order valence-corrected chi connectivity index (χ2v) is 7.48. The molecule has 0 spiro atoms. The fourth-order valence-electron chi connectivity index (χ4n) is 3.48. The van der Waals surface area contributed by atoms with E-state index < -0.39 is 0 Å². The highest BCUT2D eigenvalue weighted by Gasteiger charge is 2.16. The summed E-state index contributed by atoms with van der Waals surface area (Å²) in [5.74, 6) is 0.891. The van der Waals surface area contributed by atoms with Crippen LogP contribution in [0.15, 0.2) is 48.5 Å². The molecule has 156 valence electrons. The van der Waals surface area contributed by atoms with Gasteiger partial charge in [-0.25, -0.2) is 4.79 Å². The lowest BCUT2D eigenvalue weighted by Crippen LogP contribution is -2.47. The third kappa shape index (κ3) is 6.68. The number of benzene rings is 2. The van der Waals surface area contributed by atoms with Crippen molar-refractivity contribution in [3.8, 4) is 5.75 Å². The highest BCUT2D eigenvalue weighted by Crippen LogP contribution is 2.20. The molecule has 2 aromatic rings. The minimum atomic E-state index is -0.102. The lowest BCUT2D eigenvalue weighted by atomic mass is 10.1. The molecular weight excluding hydrogens is 364 g/mol. The van der Waals surface area contributed by atoms with Gasteiger partial charge in [-0.05, 0) is 49.7 Å². The van der Waals surface area contributed by atoms with E-state index >= 15 is 0 Å². The van der Waals surface area contributed by atoms with Gasteiger partial charge in [0.25, 0.3) is 0 Å². The number of anilines is 1. The van der Waals surface area contributed by atoms with Crippen LogP contribution in [0.3, 0.4) is 0 Å². The van der Waals surface area contributed by atoms with Gasteiger partial charge in [-0.2, -0.15) is 0 Å². The predicted molar refractivity (Wildman–Crippen MR) is 118 cm³/mol. The molecule has 0 saturated carbocycles. The van der Waals surface area contributed by atoms with Gasteiger partial charge in [0, 0.05) is 45.0 Å². The lowest BCUT2D eigenvalue weighted by molar-refractivity contribution is 0.235. The van der Waals surface area contributed by atoms with E-state index in [1.165, 1.54) is 11.3 Å². The molecule has 0 aromatic heterocycles. The number of nitrogens with zero attached hydrogens (tertiary/aromatic N) is 2. The van der Waals surface area contributed by atoms with Crippen molar-refractivity contribution in [2.24, 2.45) is 0 Å². The predicted octanol–water partition coefficient (Wildman–Crippen LogP) is 3.02. The van der Waals surface area contributed by atoms with Crippen LogP contribution in [-0.4, -0.2) is 57.3 Å². The fraction of sp³-hybridized carbons (Fsp3) is 0.435. The Bertz CT molecular complexity index is 753. The number of rotatable bonds is 8. The van der Waals surface area contributed by atoms with Crippen molar-refractivity contribution >= 4 is 11.7 Å². The maximum absolute atomic E-state index is 11.9. The molecule has 0 atom stereocenters. The second kappa shape index (κ2) is 10.7. The van der Waals surface area contributed by atoms with Gasteiger partial charge in [-0.15, -0.1) is 0 Å². The molecule has 2 N–H and O–H groups in total. The number of amides is 2. The van der Waals surface area contributed by atoms with Crippen molar-refractivity contribution in [3.63, 3.8) is 0 Å². The molecule has 0 aliphatic carbocycles. The van der Waals surface area contributed by atoms with E-state index in [1.807, 2.05) is 24.3 Å². The van der Waals surface area contributed by atoms with E-state index in [1.54, 1.807) is 7.11 Å². The SMILES string of the molecule is COc1ccc(N2CCN(CCCNC(=O)NCc3ccc(C)cc3)CC2)cc1. The van der Waals surface area contributed by atoms with Gasteiger partial charge in [0.2, 0.25) is 0 Å². The normalized spacial score (nSPS) is 14.5. The molecule has 0 radical (unpaired) electrons. The van der Waals surface area contributed by atoms with E-state index in [4.69, 9.17) is 4.74 Å². The monoisotopic (exact) mass is 396 g/mol. The first-order valence-corrected chi connectivity index (χ1v) is 10.3. The summed E-state index contributed by atoms with van der Waals surface area (Å²) in [4.78, 5) is 16.8. The van der Waals surface area contributed by atoms with Gasteiger partial charge in [0.05, 0.1) is 7.11 Å². The molecule has 3 rings (SSSR count). The number of methoxy groups -OCH3 is 1. The summed E-state index contributed by atoms with van der Waals surface area (Å²) in [6.07, 6.45) is 0.959. The third-order valence-electron chi connectivity index (χ3n) is 5.32. The number of piperazine rings is 1. The molecule has 1 saturated heterocycles. The Morgan fingerprint density at radius 1 is 0.966 bits per heavy atom. The van der Waals surface area contributed by atoms with E-state index in [-0.39, 0.29) is 6.03 Å². The summed E-state index contributed by atoms with van der Waals surface area (Å²) in [7, 11) is 1.69. The Kier molecular flexibility index (Phi) is 7.76. The van der Waals surface area contributed by atoms with Crippen LogP contribution < -0.4 is 20.3 Å². The summed E-state index contributed by atoms with van der Waals surface area (Å²) in [5, 5.41) is 5.86. The summed E-state index contributed by atoms with van der Waals surface area (Å²) in [5.41, 5.74) is 3.58. The molecule has 0 bridgehead atoms. The van der Waals surface area contributed by atoms with Crippen molar-refractivity contribution in [2.45, 2.75) is 19.9 Å². The third-order valence-corrected chi connectivity index (χ3v) is 5.32. The standard InChI is InChI=1S/C23H32N4O2/c1-19-4-6-20(7-5-19)18-25-23(28)24-12-3-13-26-14-16-27(17-15-26)21-8-10-22(29-2)11-9-21/h4-11H,3,12-18H2,1-2H3,(H2,24,25,28). The number of carbonyl (C=O) groups excluding carboxylic acids is 1. The molecular formula is C23H32N4O2. The van der Waals surface area contributed by atoms with Gasteiger partial charge < -0.3 is 20.3 Å². The van der Waals surface area contributed by atoms with Gasteiger partial charge in [0.15, 0.2) is 0 Å². The van der Waals surface area contributed by atoms with Crippen LogP contribution in [0.4, 0.5) is 10.5 Å². The Morgan fingerprint density at radius 3 is 2.31 bits per heavy atom. The molecule has 6 nitrogen and oxygen atoms in total. The molecule has 29 heavy (non-hydrogen) atoms. The van der Waals surface area contributed by atoms with Crippen LogP contribution >= 0.6 is 0 Å². The van der Waals surface area contributed by atoms with Crippen molar-refractivity contribution in [1.29, 1.82) is 0 Å². The van der Waals surface area contributed by atoms with Gasteiger partial charge in [0.1, 0.15) is 5.75 Å². The van der Waals surface area contributed by atoms with Crippen molar-refractivity contribution in [2.75, 3.05) is 51.3 Å². The van der Waals surface area contributed by atoms with Crippen LogP contribution in [-0.2, 0) is 6.54 Å². The van der Waals surface area contributed by atoms with Crippen LogP contribution in [0.5, 0.6) is 5.75 Å². The largest absolute Gasteiger partial charge is 0.497 e. The minimum Gasteiger partial charge on any atom is -0.497 e. The number of urea groups is 1. The van der Waals surface area contributed by atoms with Gasteiger partial charge in [-0.1, -0.05) is 29.8 Å². The Labute approximate surface area is 173 Å². The number of aryl methyl sites for hydroxylation is 1. The maximum Gasteiger partial charge on any atom is 0.315 e. The lowest BCUT2D eigenvalue weighted by Gasteiger charge is -2.36. The molecule has 6 heteroatoms. The van der Waals surface area contributed by atoms with E-state index in [9.17, 15) is 4.79 Å². The molecule has 0 unspecified atom stereocenters. The Morgan fingerprint density at radius 2 is 1.66 bits per heavy atom. The molecule has 2 amide bonds. The maximum atomic E-state index is 11.9. The zero-order chi connectivity index (χ0) is 20.5. The smallest absolute Gasteiger partial charge is 0.315 e. The van der Waals surface area contributed by atoms with Gasteiger partial charge in [-0.3, -0.25) is 4.90 Å². The molecule has 2 aromatic carbocycles. The summed E-state index contributed by atoms with van der Waals surface area (Å²) in [6, 6.07) is 16.4. The Hall–Kier alpha value is -2.73. The average Bonchev–Trinajstić information content (AvgIpc) is 2.77. The number of hydrogen-bond acceptors (Lipinski definition) is 4. The van der Waals surface area contributed by atoms with Crippen LogP contribution in [0.1, 0.15) is 17.5 Å². The first-order valence-electron chi connectivity index (χ1n) is 10.3. The zero-order valence-electron chi connectivity index (χ0n) is 17.5. The number of carbonyl (C=O) groups is 1. The Balaban J connectivity index is 1.27. The van der Waals surface area contributed by atoms with Crippen molar-refractivity contribution in [3.05, 3.63) is 59.7 Å². The number of ether oxygens (including phenoxy) is 1. The molecule has 1 heterocycles. The topological polar surface area (TPSA) is 56.8 Å². The molecule has 1 aliphatic heterocycles. The van der Waals surface area contributed by atoms with E-state index in [2.05, 4.69) is 51.6 Å². The van der Waals surface area contributed by atoms with Crippen molar-refractivity contribution < 1.29 is 9.53 Å². The summed E-state index contributed by atoms with van der Waals surface area (Å²) in [6.45, 7) is 8.46. The molecule has 1 aliphatic rings. The zero-order valence-corrected chi connectivity index (χ0v) is 17.5. The van der Waals surface area contributed by atoms with E-state index in [0.717, 1.165) is 50.5 Å². The number of nitrogens with one attached hydrogen (secondary N) is 2. The van der Waals surface area contributed by atoms with E-state index in [0.29, 0.717) is 13.1 Å². The van der Waals surface area contributed by atoms with Crippen molar-refractivity contribution in [1.82, 2.24) is 15.5 Å². The van der Waals surface area contributed by atoms with Crippen LogP contribution in [0.25, 0.3) is 0 Å². The van der Waals surface area contributed by atoms with Gasteiger partial charge >= 0.3 is 6.03 Å². The highest BCUT2D eigenvalue weighted by atomic mass is 16.5. The summed E-state index contributed by atoms with van der Waals surface area (Å²) >= 11 is 0. The highest BCUT2D eigenvalue weighted by molar-refractivity contribution is 5.73. The minimum absolute atomic E-state index is 0.102. The van der Waals surface area contributed by atoms with Crippen LogP contribution in [0.2, 0.25) is 0 Å². The first-order chi connectivity index (χ1) is 14.1. The second-order valence-electron chi connectivity index (χ2n) is 7.48. The summed E-state index contributed by atoms with van der Waals surface area (Å²) < 4.78 is 5.23. The first kappa shape index (κ1) is 21.0. The average molecular weight is 397 g/mol. The number of hydrogen-bond donors (Lipinski definition) is 2. The quantitative estimate of drug-likeness (QED) is 0.674. The molecule has 1 fully saturated rings. The fourth-order valence-corrected chi connectivity index (χ4v) is 3.48. The van der Waals surface area contributed by atoms with Crippen LogP contribution in [0, 0.1) is 6.92 Å².